The number of rotatable bonds is 4. The van der Waals surface area contributed by atoms with Crippen LogP contribution in [0, 0.1) is 6.92 Å². The van der Waals surface area contributed by atoms with Crippen LogP contribution >= 0.6 is 15.9 Å². The van der Waals surface area contributed by atoms with E-state index in [0.717, 1.165) is 15.7 Å². The molecule has 0 aliphatic carbocycles. The Bertz CT molecular complexity index is 550. The number of aliphatic carboxylic acids is 1. The fraction of sp³-hybridized carbons (Fsp3) is 0.429. The molecule has 0 aromatic heterocycles. The number of ether oxygens (including phenoxy) is 1. The number of carboxylic acid groups (broad SMARTS) is 1. The van der Waals surface area contributed by atoms with Crippen molar-refractivity contribution in [1.82, 2.24) is 5.32 Å². The summed E-state index contributed by atoms with van der Waals surface area (Å²) >= 11 is 3.36. The average Bonchev–Trinajstić information content (AvgIpc) is 2.89. The van der Waals surface area contributed by atoms with Crippen molar-refractivity contribution in [2.75, 3.05) is 11.9 Å². The number of amides is 2. The zero-order valence-electron chi connectivity index (χ0n) is 11.6. The molecule has 1 aliphatic heterocycles. The van der Waals surface area contributed by atoms with Crippen LogP contribution in [0.25, 0.3) is 0 Å². The summed E-state index contributed by atoms with van der Waals surface area (Å²) in [6.45, 7) is 2.20. The number of carboxylic acids is 1. The van der Waals surface area contributed by atoms with Crippen LogP contribution in [0.4, 0.5) is 10.5 Å². The normalized spacial score (nSPS) is 21.0. The van der Waals surface area contributed by atoms with E-state index in [-0.39, 0.29) is 12.1 Å². The molecule has 1 heterocycles. The summed E-state index contributed by atoms with van der Waals surface area (Å²) in [6, 6.07) is 5.24. The monoisotopic (exact) mass is 356 g/mol. The van der Waals surface area contributed by atoms with Gasteiger partial charge in [0.25, 0.3) is 0 Å². The van der Waals surface area contributed by atoms with Crippen molar-refractivity contribution in [3.8, 4) is 0 Å². The van der Waals surface area contributed by atoms with Crippen LogP contribution in [0.1, 0.15) is 18.4 Å². The molecule has 2 unspecified atom stereocenters. The number of halogens is 1. The minimum Gasteiger partial charge on any atom is -0.479 e. The van der Waals surface area contributed by atoms with Gasteiger partial charge in [0.15, 0.2) is 6.10 Å². The highest BCUT2D eigenvalue weighted by molar-refractivity contribution is 9.10. The van der Waals surface area contributed by atoms with Gasteiger partial charge < -0.3 is 20.5 Å². The number of benzene rings is 1. The summed E-state index contributed by atoms with van der Waals surface area (Å²) < 4.78 is 6.26. The predicted molar refractivity (Wildman–Crippen MR) is 81.4 cm³/mol. The number of aryl methyl sites for hydroxylation is 1. The third-order valence-corrected chi connectivity index (χ3v) is 3.80. The van der Waals surface area contributed by atoms with E-state index in [9.17, 15) is 9.59 Å². The molecule has 2 atom stereocenters. The average molecular weight is 357 g/mol. The number of nitrogens with one attached hydrogen (secondary N) is 2. The molecule has 21 heavy (non-hydrogen) atoms. The molecule has 0 bridgehead atoms. The lowest BCUT2D eigenvalue weighted by Gasteiger charge is -2.14. The zero-order valence-corrected chi connectivity index (χ0v) is 13.1. The van der Waals surface area contributed by atoms with E-state index in [0.29, 0.717) is 19.4 Å². The highest BCUT2D eigenvalue weighted by Crippen LogP contribution is 2.21. The van der Waals surface area contributed by atoms with Crippen molar-refractivity contribution in [2.45, 2.75) is 32.0 Å². The predicted octanol–water partition coefficient (Wildman–Crippen LogP) is 2.51. The second-order valence-corrected chi connectivity index (χ2v) is 5.87. The minimum absolute atomic E-state index is 0.247. The van der Waals surface area contributed by atoms with Crippen LogP contribution < -0.4 is 10.6 Å². The molecule has 114 valence electrons. The Morgan fingerprint density at radius 3 is 2.81 bits per heavy atom. The van der Waals surface area contributed by atoms with Crippen LogP contribution in [0.5, 0.6) is 0 Å². The fourth-order valence-corrected chi connectivity index (χ4v) is 2.65. The summed E-state index contributed by atoms with van der Waals surface area (Å²) in [5.41, 5.74) is 1.68. The fourth-order valence-electron chi connectivity index (χ4n) is 2.18. The molecule has 2 amide bonds. The van der Waals surface area contributed by atoms with Gasteiger partial charge in [0.1, 0.15) is 0 Å². The molecule has 1 saturated heterocycles. The zero-order chi connectivity index (χ0) is 15.4. The van der Waals surface area contributed by atoms with Gasteiger partial charge in [0, 0.05) is 16.7 Å². The molecular formula is C14H17BrN2O4. The Morgan fingerprint density at radius 2 is 2.19 bits per heavy atom. The number of hydrogen-bond acceptors (Lipinski definition) is 3. The SMILES string of the molecule is Cc1cc(Br)ccc1NC(=O)NCC1CCC(C(=O)O)O1. The number of carbonyl (C=O) groups is 2. The molecule has 3 N–H and O–H groups in total. The maximum Gasteiger partial charge on any atom is 0.332 e. The van der Waals surface area contributed by atoms with E-state index in [1.54, 1.807) is 0 Å². The summed E-state index contributed by atoms with van der Waals surface area (Å²) in [5, 5.41) is 14.3. The van der Waals surface area contributed by atoms with Gasteiger partial charge in [-0.15, -0.1) is 0 Å². The highest BCUT2D eigenvalue weighted by Gasteiger charge is 2.30. The quantitative estimate of drug-likeness (QED) is 0.773. The molecular weight excluding hydrogens is 340 g/mol. The summed E-state index contributed by atoms with van der Waals surface area (Å²) in [7, 11) is 0. The maximum atomic E-state index is 11.8. The summed E-state index contributed by atoms with van der Waals surface area (Å²) in [4.78, 5) is 22.6. The van der Waals surface area contributed by atoms with Gasteiger partial charge >= 0.3 is 12.0 Å². The Kier molecular flexibility index (Phi) is 5.19. The van der Waals surface area contributed by atoms with E-state index < -0.39 is 12.1 Å². The van der Waals surface area contributed by atoms with Gasteiger partial charge in [-0.2, -0.15) is 0 Å². The summed E-state index contributed by atoms with van der Waals surface area (Å²) in [5.74, 6) is -0.951. The van der Waals surface area contributed by atoms with Crippen LogP contribution in [0.15, 0.2) is 22.7 Å². The molecule has 1 aliphatic rings. The van der Waals surface area contributed by atoms with Gasteiger partial charge in [-0.1, -0.05) is 15.9 Å². The molecule has 0 saturated carbocycles. The minimum atomic E-state index is -0.951. The first kappa shape index (κ1) is 15.8. The lowest BCUT2D eigenvalue weighted by molar-refractivity contribution is -0.149. The van der Waals surface area contributed by atoms with Crippen molar-refractivity contribution < 1.29 is 19.4 Å². The molecule has 6 nitrogen and oxygen atoms in total. The first-order valence-corrected chi connectivity index (χ1v) is 7.44. The van der Waals surface area contributed by atoms with Gasteiger partial charge in [-0.25, -0.2) is 9.59 Å². The lowest BCUT2D eigenvalue weighted by atomic mass is 10.2. The van der Waals surface area contributed by atoms with Gasteiger partial charge in [0.2, 0.25) is 0 Å². The summed E-state index contributed by atoms with van der Waals surface area (Å²) in [6.07, 6.45) is 0.111. The van der Waals surface area contributed by atoms with Crippen molar-refractivity contribution in [2.24, 2.45) is 0 Å². The number of hydrogen-bond donors (Lipinski definition) is 3. The van der Waals surface area contributed by atoms with Crippen molar-refractivity contribution >= 4 is 33.6 Å². The molecule has 0 spiro atoms. The van der Waals surface area contributed by atoms with E-state index in [2.05, 4.69) is 26.6 Å². The highest BCUT2D eigenvalue weighted by atomic mass is 79.9. The third-order valence-electron chi connectivity index (χ3n) is 3.31. The first-order valence-electron chi connectivity index (χ1n) is 6.65. The standard InChI is InChI=1S/C14H17BrN2O4/c1-8-6-9(15)2-4-11(8)17-14(20)16-7-10-3-5-12(21-10)13(18)19/h2,4,6,10,12H,3,5,7H2,1H3,(H,18,19)(H2,16,17,20). The second-order valence-electron chi connectivity index (χ2n) is 4.96. The van der Waals surface area contributed by atoms with Crippen LogP contribution in [0.3, 0.4) is 0 Å². The Balaban J connectivity index is 1.79. The molecule has 7 heteroatoms. The maximum absolute atomic E-state index is 11.8. The van der Waals surface area contributed by atoms with Crippen molar-refractivity contribution in [1.29, 1.82) is 0 Å². The third kappa shape index (κ3) is 4.44. The van der Waals surface area contributed by atoms with E-state index in [1.165, 1.54) is 0 Å². The number of urea groups is 1. The smallest absolute Gasteiger partial charge is 0.332 e. The van der Waals surface area contributed by atoms with Crippen molar-refractivity contribution in [3.63, 3.8) is 0 Å². The Morgan fingerprint density at radius 1 is 1.43 bits per heavy atom. The Labute approximate surface area is 131 Å². The number of anilines is 1. The van der Waals surface area contributed by atoms with E-state index in [4.69, 9.17) is 9.84 Å². The first-order chi connectivity index (χ1) is 9.95. The van der Waals surface area contributed by atoms with E-state index >= 15 is 0 Å². The van der Waals surface area contributed by atoms with Crippen LogP contribution in [-0.2, 0) is 9.53 Å². The number of carbonyl (C=O) groups excluding carboxylic acids is 1. The molecule has 2 rings (SSSR count). The van der Waals surface area contributed by atoms with Gasteiger partial charge in [-0.05, 0) is 43.5 Å². The molecule has 0 radical (unpaired) electrons. The Hall–Kier alpha value is -1.60. The molecule has 1 aromatic rings. The topological polar surface area (TPSA) is 87.7 Å². The van der Waals surface area contributed by atoms with Gasteiger partial charge in [0.05, 0.1) is 6.10 Å². The second kappa shape index (κ2) is 6.91. The van der Waals surface area contributed by atoms with Crippen LogP contribution in [-0.4, -0.2) is 35.9 Å². The van der Waals surface area contributed by atoms with Crippen LogP contribution in [0.2, 0.25) is 0 Å². The lowest BCUT2D eigenvalue weighted by Crippen LogP contribution is -2.36. The largest absolute Gasteiger partial charge is 0.479 e. The van der Waals surface area contributed by atoms with Gasteiger partial charge in [-0.3, -0.25) is 0 Å². The van der Waals surface area contributed by atoms with Crippen molar-refractivity contribution in [3.05, 3.63) is 28.2 Å². The molecule has 1 fully saturated rings. The molecule has 1 aromatic carbocycles. The van der Waals surface area contributed by atoms with E-state index in [1.807, 2.05) is 25.1 Å².